The highest BCUT2D eigenvalue weighted by Crippen LogP contribution is 2.41. The summed E-state index contributed by atoms with van der Waals surface area (Å²) in [5, 5.41) is -3.84. The van der Waals surface area contributed by atoms with Crippen molar-refractivity contribution < 1.29 is 49.0 Å². The van der Waals surface area contributed by atoms with Crippen LogP contribution in [0, 0.1) is 0 Å². The molecule has 21 heavy (non-hydrogen) atoms. The van der Waals surface area contributed by atoms with Crippen molar-refractivity contribution in [3.05, 3.63) is 0 Å². The van der Waals surface area contributed by atoms with E-state index in [1.165, 1.54) is 0 Å². The van der Waals surface area contributed by atoms with Gasteiger partial charge < -0.3 is 9.87 Å². The lowest BCUT2D eigenvalue weighted by molar-refractivity contribution is -0.597. The largest absolute Gasteiger partial charge is 0.743 e. The van der Waals surface area contributed by atoms with Crippen LogP contribution >= 0.6 is 0 Å². The Morgan fingerprint density at radius 3 is 1.52 bits per heavy atom. The minimum Gasteiger partial charge on any atom is -0.743 e. The van der Waals surface area contributed by atoms with E-state index >= 15 is 0 Å². The molecule has 2 N–H and O–H groups in total. The molecule has 0 unspecified atom stereocenters. The molecule has 0 aliphatic carbocycles. The van der Waals surface area contributed by atoms with Gasteiger partial charge in [-0.25, -0.2) is 8.42 Å². The molecule has 0 aromatic carbocycles. The summed E-state index contributed by atoms with van der Waals surface area (Å²) in [6.45, 7) is 0. The Labute approximate surface area is 117 Å². The van der Waals surface area contributed by atoms with Crippen molar-refractivity contribution in [2.75, 3.05) is 14.1 Å². The first-order valence-electron chi connectivity index (χ1n) is 5.64. The van der Waals surface area contributed by atoms with E-state index in [0.717, 1.165) is 0 Å². The van der Waals surface area contributed by atoms with Gasteiger partial charge in [0.05, 0.1) is 14.1 Å². The van der Waals surface area contributed by atoms with Crippen molar-refractivity contribution >= 4 is 10.1 Å². The van der Waals surface area contributed by atoms with E-state index in [4.69, 9.17) is 0 Å². The number of rotatable bonds is 6. The summed E-state index contributed by atoms with van der Waals surface area (Å²) in [6, 6.07) is 0. The zero-order chi connectivity index (χ0) is 17.5. The summed E-state index contributed by atoms with van der Waals surface area (Å²) >= 11 is 0. The van der Waals surface area contributed by atoms with Crippen LogP contribution in [0.15, 0.2) is 0 Å². The first kappa shape index (κ1) is 22.7. The Bertz CT molecular complexity index is 395. The summed E-state index contributed by atoms with van der Waals surface area (Å²) in [7, 11) is -2.58. The van der Waals surface area contributed by atoms with E-state index in [9.17, 15) is 43.7 Å². The molecule has 0 radical (unpaired) electrons. The third kappa shape index (κ3) is 8.41. The molecule has 0 aliphatic rings. The lowest BCUT2D eigenvalue weighted by Gasteiger charge is -2.28. The van der Waals surface area contributed by atoms with Crippen LogP contribution in [0.25, 0.3) is 0 Å². The molecular formula is C9H16F7NO3S. The van der Waals surface area contributed by atoms with E-state index in [2.05, 4.69) is 0 Å². The van der Waals surface area contributed by atoms with Crippen LogP contribution < -0.4 is 5.32 Å². The molecule has 0 aromatic heterocycles. The van der Waals surface area contributed by atoms with Gasteiger partial charge in [0, 0.05) is 12.8 Å². The molecule has 0 saturated carbocycles. The molecule has 12 heteroatoms. The number of unbranched alkanes of at least 4 members (excludes halogenated alkanes) is 1. The van der Waals surface area contributed by atoms with Gasteiger partial charge in [0.25, 0.3) is 0 Å². The molecule has 130 valence electrons. The molecule has 0 aromatic rings. The molecule has 0 saturated heterocycles. The van der Waals surface area contributed by atoms with Gasteiger partial charge in [-0.3, -0.25) is 0 Å². The maximum atomic E-state index is 12.7. The Balaban J connectivity index is 0. The third-order valence-electron chi connectivity index (χ3n) is 1.94. The van der Waals surface area contributed by atoms with E-state index in [-0.39, 0.29) is 0 Å². The highest BCUT2D eigenvalue weighted by molar-refractivity contribution is 7.86. The van der Waals surface area contributed by atoms with E-state index in [0.29, 0.717) is 0 Å². The highest BCUT2D eigenvalue weighted by Gasteiger charge is 2.60. The minimum absolute atomic E-state index is 0.867. The molecule has 0 heterocycles. The van der Waals surface area contributed by atoms with Gasteiger partial charge in [-0.2, -0.15) is 30.7 Å². The van der Waals surface area contributed by atoms with Gasteiger partial charge in [-0.05, 0) is 12.8 Å². The van der Waals surface area contributed by atoms with Gasteiger partial charge >= 0.3 is 17.4 Å². The van der Waals surface area contributed by atoms with E-state index in [1.807, 2.05) is 19.4 Å². The van der Waals surface area contributed by atoms with Gasteiger partial charge in [0.2, 0.25) is 0 Å². The van der Waals surface area contributed by atoms with Crippen molar-refractivity contribution in [1.82, 2.24) is 0 Å². The zero-order valence-corrected chi connectivity index (χ0v) is 12.0. The second kappa shape index (κ2) is 8.13. The Morgan fingerprint density at radius 2 is 1.24 bits per heavy atom. The number of halogens is 7. The summed E-state index contributed by atoms with van der Waals surface area (Å²) in [4.78, 5) is 0. The van der Waals surface area contributed by atoms with Crippen molar-refractivity contribution in [2.45, 2.75) is 43.0 Å². The molecule has 0 bridgehead atoms. The van der Waals surface area contributed by atoms with Crippen LogP contribution in [-0.4, -0.2) is 44.4 Å². The summed E-state index contributed by atoms with van der Waals surface area (Å²) in [6.07, 6.45) is -9.76. The summed E-state index contributed by atoms with van der Waals surface area (Å²) in [5.74, 6) is -5.20. The quantitative estimate of drug-likeness (QED) is 0.450. The zero-order valence-electron chi connectivity index (χ0n) is 11.2. The molecule has 0 fully saturated rings. The minimum atomic E-state index is -6.58. The predicted molar refractivity (Wildman–Crippen MR) is 57.9 cm³/mol. The molecule has 0 amide bonds. The third-order valence-corrected chi connectivity index (χ3v) is 2.87. The Kier molecular flexibility index (Phi) is 8.77. The Morgan fingerprint density at radius 1 is 0.905 bits per heavy atom. The average Bonchev–Trinajstić information content (AvgIpc) is 2.22. The second-order valence-corrected chi connectivity index (χ2v) is 5.50. The fraction of sp³-hybridized carbons (Fsp3) is 1.00. The first-order chi connectivity index (χ1) is 9.12. The fourth-order valence-electron chi connectivity index (χ4n) is 1.00. The van der Waals surface area contributed by atoms with Crippen LogP contribution in [0.5, 0.6) is 0 Å². The number of nitrogens with two attached hydrogens (primary N) is 1. The van der Waals surface area contributed by atoms with Crippen molar-refractivity contribution in [1.29, 1.82) is 0 Å². The molecule has 0 rings (SSSR count). The number of alkyl halides is 7. The van der Waals surface area contributed by atoms with E-state index < -0.39 is 53.2 Å². The van der Waals surface area contributed by atoms with Crippen LogP contribution in [0.4, 0.5) is 30.7 Å². The summed E-state index contributed by atoms with van der Waals surface area (Å²) in [5.41, 5.74) is 0. The standard InChI is InChI=1S/C7H9F7O3S.C2H7N/c8-5(9,7(13,14)18(15,16)17)3-1-2-4-6(10,11)12;1-3-2/h1-4H2,(H,15,16,17);3H,1-2H3. The van der Waals surface area contributed by atoms with Crippen molar-refractivity contribution in [3.8, 4) is 0 Å². The lowest BCUT2D eigenvalue weighted by Crippen LogP contribution is -2.74. The topological polar surface area (TPSA) is 73.8 Å². The number of quaternary nitrogens is 1. The fourth-order valence-corrected chi connectivity index (χ4v) is 1.47. The molecule has 0 spiro atoms. The highest BCUT2D eigenvalue weighted by atomic mass is 32.2. The second-order valence-electron chi connectivity index (χ2n) is 4.07. The molecule has 0 aliphatic heterocycles. The predicted octanol–water partition coefficient (Wildman–Crippen LogP) is 1.69. The molecule has 4 nitrogen and oxygen atoms in total. The van der Waals surface area contributed by atoms with Crippen LogP contribution in [0.3, 0.4) is 0 Å². The normalized spacial score (nSPS) is 13.6. The van der Waals surface area contributed by atoms with Gasteiger partial charge in [-0.15, -0.1) is 0 Å². The van der Waals surface area contributed by atoms with Crippen molar-refractivity contribution in [3.63, 3.8) is 0 Å². The maximum Gasteiger partial charge on any atom is 0.396 e. The Hall–Kier alpha value is -0.620. The maximum absolute atomic E-state index is 12.7. The lowest BCUT2D eigenvalue weighted by atomic mass is 10.1. The van der Waals surface area contributed by atoms with Crippen LogP contribution in [0.1, 0.15) is 25.7 Å². The van der Waals surface area contributed by atoms with Crippen LogP contribution in [-0.2, 0) is 10.1 Å². The van der Waals surface area contributed by atoms with E-state index in [1.54, 1.807) is 0 Å². The molecule has 0 atom stereocenters. The number of hydrogen-bond donors (Lipinski definition) is 1. The van der Waals surface area contributed by atoms with Crippen molar-refractivity contribution in [2.24, 2.45) is 0 Å². The van der Waals surface area contributed by atoms with Gasteiger partial charge in [0.15, 0.2) is 10.1 Å². The summed E-state index contributed by atoms with van der Waals surface area (Å²) < 4.78 is 115. The SMILES string of the molecule is C[NH2+]C.O=S(=O)([O-])C(F)(F)C(F)(F)CCCCC(F)(F)F. The number of hydrogen-bond acceptors (Lipinski definition) is 3. The smallest absolute Gasteiger partial charge is 0.396 e. The van der Waals surface area contributed by atoms with Gasteiger partial charge in [0.1, 0.15) is 0 Å². The monoisotopic (exact) mass is 351 g/mol. The van der Waals surface area contributed by atoms with Gasteiger partial charge in [-0.1, -0.05) is 0 Å². The first-order valence-corrected chi connectivity index (χ1v) is 7.05. The average molecular weight is 351 g/mol. The molecular weight excluding hydrogens is 335 g/mol. The van der Waals surface area contributed by atoms with Crippen LogP contribution in [0.2, 0.25) is 0 Å².